The largest absolute Gasteiger partial charge is 1.00 e. The molecule has 0 aromatic heterocycles. The molecule has 0 amide bonds. The van der Waals surface area contributed by atoms with E-state index in [0.29, 0.717) is 54.4 Å². The van der Waals surface area contributed by atoms with Gasteiger partial charge in [-0.05, 0) is 49.1 Å². The predicted octanol–water partition coefficient (Wildman–Crippen LogP) is 1.90. The van der Waals surface area contributed by atoms with Gasteiger partial charge in [-0.15, -0.1) is 0 Å². The number of hydrogen-bond donors (Lipinski definition) is 1. The molecule has 0 atom stereocenters. The standard InChI is InChI=1S/C30H34O7.Na/c1-4-10-24-27(13-8-14-28(24)37-19-22-11-6-7-12-23(22)30(33)34)35-15-9-16-36-29-18-26(32)25(20(3)31)17-21(29)5-2;/h6-8,11-14,17-18,32H,4-5,9-10,15-16,19H2,1-3H3,(H,33,34);/q;+1/p-1. The number of aromatic hydroxyl groups is 1. The van der Waals surface area contributed by atoms with Crippen LogP contribution in [0.1, 0.15) is 71.0 Å². The van der Waals surface area contributed by atoms with Crippen molar-refractivity contribution < 1.29 is 63.6 Å². The molecule has 3 aromatic carbocycles. The van der Waals surface area contributed by atoms with Crippen molar-refractivity contribution in [3.63, 3.8) is 0 Å². The summed E-state index contributed by atoms with van der Waals surface area (Å²) in [6, 6.07) is 15.4. The molecule has 8 heteroatoms. The minimum Gasteiger partial charge on any atom is -0.545 e. The maximum absolute atomic E-state index is 11.7. The predicted molar refractivity (Wildman–Crippen MR) is 139 cm³/mol. The SMILES string of the molecule is CCCc1c(OCCCOc2cc(O)c(C(C)=O)cc2CC)cccc1OCc1ccccc1C(=O)[O-].[Na+]. The Morgan fingerprint density at radius 3 is 2.13 bits per heavy atom. The number of aryl methyl sites for hydroxylation is 1. The molecule has 0 fully saturated rings. The number of carboxylic acid groups (broad SMARTS) is 1. The van der Waals surface area contributed by atoms with Crippen molar-refractivity contribution in [3.05, 3.63) is 82.4 Å². The van der Waals surface area contributed by atoms with Crippen molar-refractivity contribution in [2.75, 3.05) is 13.2 Å². The van der Waals surface area contributed by atoms with Crippen LogP contribution in [0.15, 0.2) is 54.6 Å². The van der Waals surface area contributed by atoms with Crippen LogP contribution in [0, 0.1) is 0 Å². The van der Waals surface area contributed by atoms with E-state index in [0.717, 1.165) is 24.0 Å². The number of ether oxygens (including phenoxy) is 3. The van der Waals surface area contributed by atoms with E-state index in [9.17, 15) is 19.8 Å². The molecule has 0 saturated heterocycles. The summed E-state index contributed by atoms with van der Waals surface area (Å²) in [5.74, 6) is 0.415. The van der Waals surface area contributed by atoms with Gasteiger partial charge in [-0.25, -0.2) is 0 Å². The van der Waals surface area contributed by atoms with Gasteiger partial charge in [0.05, 0.1) is 24.7 Å². The van der Waals surface area contributed by atoms with Crippen LogP contribution in [0.2, 0.25) is 0 Å². The van der Waals surface area contributed by atoms with E-state index in [1.54, 1.807) is 24.3 Å². The van der Waals surface area contributed by atoms with Crippen LogP contribution >= 0.6 is 0 Å². The Hall–Kier alpha value is -3.00. The zero-order valence-corrected chi connectivity index (χ0v) is 24.5. The smallest absolute Gasteiger partial charge is 0.545 e. The van der Waals surface area contributed by atoms with Crippen molar-refractivity contribution in [3.8, 4) is 23.0 Å². The number of aromatic carboxylic acids is 1. The molecule has 3 rings (SSSR count). The molecule has 196 valence electrons. The van der Waals surface area contributed by atoms with E-state index in [4.69, 9.17) is 14.2 Å². The van der Waals surface area contributed by atoms with Crippen molar-refractivity contribution >= 4 is 11.8 Å². The van der Waals surface area contributed by atoms with Gasteiger partial charge in [-0.2, -0.15) is 0 Å². The average molecular weight is 529 g/mol. The van der Waals surface area contributed by atoms with Gasteiger partial charge in [-0.3, -0.25) is 4.79 Å². The third-order valence-corrected chi connectivity index (χ3v) is 5.95. The number of rotatable bonds is 14. The minimum absolute atomic E-state index is 0. The summed E-state index contributed by atoms with van der Waals surface area (Å²) in [5, 5.41) is 21.5. The number of hydrogen-bond acceptors (Lipinski definition) is 7. The summed E-state index contributed by atoms with van der Waals surface area (Å²) in [6.45, 7) is 6.35. The third-order valence-electron chi connectivity index (χ3n) is 5.95. The number of Topliss-reactive ketones (excluding diaryl/α,β-unsaturated/α-hetero) is 1. The van der Waals surface area contributed by atoms with E-state index in [1.807, 2.05) is 25.1 Å². The number of carbonyl (C=O) groups is 2. The second-order valence-electron chi connectivity index (χ2n) is 8.65. The molecule has 0 aliphatic carbocycles. The Kier molecular flexibility index (Phi) is 12.7. The molecule has 0 radical (unpaired) electrons. The van der Waals surface area contributed by atoms with Gasteiger partial charge in [0.1, 0.15) is 29.6 Å². The molecule has 7 nitrogen and oxygen atoms in total. The molecule has 0 spiro atoms. The van der Waals surface area contributed by atoms with E-state index in [1.165, 1.54) is 19.1 Å². The normalized spacial score (nSPS) is 10.4. The van der Waals surface area contributed by atoms with Crippen molar-refractivity contribution in [2.24, 2.45) is 0 Å². The average Bonchev–Trinajstić information content (AvgIpc) is 2.88. The first-order chi connectivity index (χ1) is 17.8. The second-order valence-corrected chi connectivity index (χ2v) is 8.65. The fourth-order valence-electron chi connectivity index (χ4n) is 4.04. The molecule has 0 heterocycles. The van der Waals surface area contributed by atoms with Crippen LogP contribution in [0.25, 0.3) is 0 Å². The quantitative estimate of drug-likeness (QED) is 0.194. The molecule has 0 bridgehead atoms. The molecule has 0 saturated carbocycles. The monoisotopic (exact) mass is 528 g/mol. The summed E-state index contributed by atoms with van der Waals surface area (Å²) in [5.41, 5.74) is 2.74. The maximum Gasteiger partial charge on any atom is 1.00 e. The molecule has 3 aromatic rings. The molecular weight excluding hydrogens is 495 g/mol. The molecule has 0 unspecified atom stereocenters. The molecule has 0 aliphatic heterocycles. The first-order valence-electron chi connectivity index (χ1n) is 12.5. The zero-order chi connectivity index (χ0) is 26.8. The van der Waals surface area contributed by atoms with Crippen LogP contribution in [-0.4, -0.2) is 30.1 Å². The van der Waals surface area contributed by atoms with Crippen molar-refractivity contribution in [1.29, 1.82) is 0 Å². The van der Waals surface area contributed by atoms with Crippen LogP contribution in [0.4, 0.5) is 0 Å². The van der Waals surface area contributed by atoms with Crippen LogP contribution < -0.4 is 48.9 Å². The number of carboxylic acids is 1. The van der Waals surface area contributed by atoms with Gasteiger partial charge in [-0.1, -0.05) is 50.6 Å². The molecule has 0 aliphatic rings. The Morgan fingerprint density at radius 2 is 1.50 bits per heavy atom. The molecule has 1 N–H and O–H groups in total. The van der Waals surface area contributed by atoms with Gasteiger partial charge < -0.3 is 29.2 Å². The zero-order valence-electron chi connectivity index (χ0n) is 22.5. The second kappa shape index (κ2) is 15.4. The van der Waals surface area contributed by atoms with Crippen LogP contribution in [0.3, 0.4) is 0 Å². The van der Waals surface area contributed by atoms with Gasteiger partial charge in [0.25, 0.3) is 0 Å². The summed E-state index contributed by atoms with van der Waals surface area (Å²) in [6.07, 6.45) is 2.90. The number of phenols is 1. The van der Waals surface area contributed by atoms with E-state index >= 15 is 0 Å². The summed E-state index contributed by atoms with van der Waals surface area (Å²) in [4.78, 5) is 23.1. The molecular formula is C30H33NaO7. The van der Waals surface area contributed by atoms with Gasteiger partial charge in [0.2, 0.25) is 0 Å². The maximum atomic E-state index is 11.7. The van der Waals surface area contributed by atoms with E-state index in [-0.39, 0.29) is 53.3 Å². The number of carbonyl (C=O) groups excluding carboxylic acids is 2. The number of ketones is 1. The first-order valence-corrected chi connectivity index (χ1v) is 12.5. The summed E-state index contributed by atoms with van der Waals surface area (Å²) >= 11 is 0. The van der Waals surface area contributed by atoms with E-state index < -0.39 is 5.97 Å². The minimum atomic E-state index is -1.23. The van der Waals surface area contributed by atoms with Crippen LogP contribution in [0.5, 0.6) is 23.0 Å². The Bertz CT molecular complexity index is 1240. The Balaban J connectivity index is 0.00000507. The van der Waals surface area contributed by atoms with Crippen molar-refractivity contribution in [2.45, 2.75) is 53.1 Å². The van der Waals surface area contributed by atoms with Gasteiger partial charge in [0.15, 0.2) is 5.78 Å². The Labute approximate surface area is 246 Å². The topological polar surface area (TPSA) is 105 Å². The van der Waals surface area contributed by atoms with Gasteiger partial charge >= 0.3 is 29.6 Å². The van der Waals surface area contributed by atoms with E-state index in [2.05, 4.69) is 6.92 Å². The number of phenolic OH excluding ortho intramolecular Hbond substituents is 1. The van der Waals surface area contributed by atoms with Crippen LogP contribution in [-0.2, 0) is 19.4 Å². The van der Waals surface area contributed by atoms with Gasteiger partial charge in [0, 0.05) is 23.6 Å². The fraction of sp³-hybridized carbons (Fsp3) is 0.333. The first kappa shape index (κ1) is 31.2. The third kappa shape index (κ3) is 8.25. The Morgan fingerprint density at radius 1 is 0.842 bits per heavy atom. The number of benzene rings is 3. The molecule has 38 heavy (non-hydrogen) atoms. The summed E-state index contributed by atoms with van der Waals surface area (Å²) < 4.78 is 17.9. The van der Waals surface area contributed by atoms with Crippen molar-refractivity contribution in [1.82, 2.24) is 0 Å². The summed E-state index contributed by atoms with van der Waals surface area (Å²) in [7, 11) is 0. The fourth-order valence-corrected chi connectivity index (χ4v) is 4.04.